The number of aromatic amines is 2. The van der Waals surface area contributed by atoms with Crippen LogP contribution in [0.4, 0.5) is 0 Å². The fourth-order valence-electron chi connectivity index (χ4n) is 4.13. The van der Waals surface area contributed by atoms with Crippen LogP contribution in [0, 0.1) is 12.8 Å². The second-order valence-corrected chi connectivity index (χ2v) is 9.61. The Kier molecular flexibility index (Phi) is 6.39. The first-order valence-electron chi connectivity index (χ1n) is 9.93. The Morgan fingerprint density at radius 3 is 2.18 bits per heavy atom. The quantitative estimate of drug-likeness (QED) is 0.624. The monoisotopic (exact) mass is 412 g/mol. The van der Waals surface area contributed by atoms with Crippen LogP contribution in [0.5, 0.6) is 0 Å². The largest absolute Gasteiger partial charge is 0.353 e. The molecular weight excluding hydrogens is 384 g/mol. The lowest BCUT2D eigenvalue weighted by Gasteiger charge is -2.31. The standard InChI is InChI=1S/C18H28N4O5S/c1-12-15(17(24)21-18(25)19-12)28(26,27)22-10-8-13(9-11-22)16(23)20-14-6-4-2-3-5-7-14/h13-14H,2-11H2,1H3,(H,20,23)(H2,19,21,24,25). The Labute approximate surface area is 164 Å². The smallest absolute Gasteiger partial charge is 0.325 e. The highest BCUT2D eigenvalue weighted by atomic mass is 32.2. The molecule has 0 atom stereocenters. The van der Waals surface area contributed by atoms with Crippen molar-refractivity contribution in [3.05, 3.63) is 26.5 Å². The van der Waals surface area contributed by atoms with E-state index in [2.05, 4.69) is 10.3 Å². The number of amides is 1. The molecule has 1 aromatic heterocycles. The van der Waals surface area contributed by atoms with Gasteiger partial charge in [0.05, 0.1) is 0 Å². The average molecular weight is 413 g/mol. The van der Waals surface area contributed by atoms with E-state index in [1.165, 1.54) is 24.1 Å². The van der Waals surface area contributed by atoms with Crippen molar-refractivity contribution in [1.82, 2.24) is 19.6 Å². The molecule has 0 bridgehead atoms. The summed E-state index contributed by atoms with van der Waals surface area (Å²) in [4.78, 5) is 39.8. The van der Waals surface area contributed by atoms with E-state index in [-0.39, 0.29) is 36.7 Å². The zero-order valence-electron chi connectivity index (χ0n) is 16.1. The summed E-state index contributed by atoms with van der Waals surface area (Å²) in [6.45, 7) is 1.72. The van der Waals surface area contributed by atoms with Crippen molar-refractivity contribution < 1.29 is 13.2 Å². The third kappa shape index (κ3) is 4.54. The van der Waals surface area contributed by atoms with Gasteiger partial charge in [-0.15, -0.1) is 0 Å². The van der Waals surface area contributed by atoms with Crippen LogP contribution in [0.2, 0.25) is 0 Å². The number of carbonyl (C=O) groups excluding carboxylic acids is 1. The molecule has 1 saturated heterocycles. The fourth-order valence-corrected chi connectivity index (χ4v) is 5.80. The number of piperidine rings is 1. The van der Waals surface area contributed by atoms with Crippen molar-refractivity contribution in [2.75, 3.05) is 13.1 Å². The van der Waals surface area contributed by atoms with Crippen LogP contribution in [0.3, 0.4) is 0 Å². The van der Waals surface area contributed by atoms with Crippen molar-refractivity contribution in [3.63, 3.8) is 0 Å². The van der Waals surface area contributed by atoms with Crippen molar-refractivity contribution in [1.29, 1.82) is 0 Å². The molecule has 3 N–H and O–H groups in total. The molecule has 3 rings (SSSR count). The maximum Gasteiger partial charge on any atom is 0.325 e. The van der Waals surface area contributed by atoms with Gasteiger partial charge >= 0.3 is 5.69 Å². The number of aromatic nitrogens is 2. The minimum absolute atomic E-state index is 0.00187. The molecule has 28 heavy (non-hydrogen) atoms. The lowest BCUT2D eigenvalue weighted by molar-refractivity contribution is -0.126. The number of sulfonamides is 1. The van der Waals surface area contributed by atoms with Gasteiger partial charge in [0, 0.05) is 30.7 Å². The van der Waals surface area contributed by atoms with Gasteiger partial charge in [-0.2, -0.15) is 4.31 Å². The maximum atomic E-state index is 12.9. The van der Waals surface area contributed by atoms with Crippen LogP contribution in [-0.4, -0.2) is 47.7 Å². The van der Waals surface area contributed by atoms with E-state index >= 15 is 0 Å². The van der Waals surface area contributed by atoms with Crippen LogP contribution in [0.15, 0.2) is 14.5 Å². The molecule has 2 heterocycles. The Morgan fingerprint density at radius 1 is 1.00 bits per heavy atom. The summed E-state index contributed by atoms with van der Waals surface area (Å²) >= 11 is 0. The van der Waals surface area contributed by atoms with Gasteiger partial charge in [0.1, 0.15) is 0 Å². The van der Waals surface area contributed by atoms with Crippen LogP contribution in [-0.2, 0) is 14.8 Å². The molecule has 156 valence electrons. The SMILES string of the molecule is Cc1[nH]c(=O)[nH]c(=O)c1S(=O)(=O)N1CCC(C(=O)NC2CCCCCC2)CC1. The number of aryl methyl sites for hydroxylation is 1. The predicted molar refractivity (Wildman–Crippen MR) is 104 cm³/mol. The number of nitrogens with zero attached hydrogens (tertiary/aromatic N) is 1. The van der Waals surface area contributed by atoms with Crippen molar-refractivity contribution >= 4 is 15.9 Å². The van der Waals surface area contributed by atoms with E-state index in [0.717, 1.165) is 25.7 Å². The van der Waals surface area contributed by atoms with Crippen LogP contribution >= 0.6 is 0 Å². The molecule has 0 unspecified atom stereocenters. The van der Waals surface area contributed by atoms with E-state index in [1.807, 2.05) is 4.98 Å². The summed E-state index contributed by atoms with van der Waals surface area (Å²) in [5, 5.41) is 3.14. The Balaban J connectivity index is 1.64. The third-order valence-electron chi connectivity index (χ3n) is 5.70. The zero-order valence-corrected chi connectivity index (χ0v) is 16.9. The molecule has 2 fully saturated rings. The van der Waals surface area contributed by atoms with E-state index < -0.39 is 26.2 Å². The lowest BCUT2D eigenvalue weighted by Crippen LogP contribution is -2.46. The Morgan fingerprint density at radius 2 is 1.61 bits per heavy atom. The van der Waals surface area contributed by atoms with Crippen molar-refractivity contribution in [2.24, 2.45) is 5.92 Å². The summed E-state index contributed by atoms with van der Waals surface area (Å²) in [6.07, 6.45) is 7.54. The zero-order chi connectivity index (χ0) is 20.3. The normalized spacial score (nSPS) is 20.6. The average Bonchev–Trinajstić information content (AvgIpc) is 2.89. The number of H-pyrrole nitrogens is 2. The molecule has 1 amide bonds. The van der Waals surface area contributed by atoms with Crippen molar-refractivity contribution in [3.8, 4) is 0 Å². The Bertz CT molecular complexity index is 920. The predicted octanol–water partition coefficient (Wildman–Crippen LogP) is 0.611. The molecule has 1 aliphatic heterocycles. The molecule has 0 spiro atoms. The second-order valence-electron chi connectivity index (χ2n) is 7.74. The van der Waals surface area contributed by atoms with Crippen LogP contribution < -0.4 is 16.6 Å². The summed E-state index contributed by atoms with van der Waals surface area (Å²) in [5.41, 5.74) is -1.65. The molecule has 10 heteroatoms. The summed E-state index contributed by atoms with van der Waals surface area (Å²) in [5.74, 6) is -0.216. The lowest BCUT2D eigenvalue weighted by atomic mass is 9.96. The van der Waals surface area contributed by atoms with Gasteiger partial charge in [0.25, 0.3) is 5.56 Å². The molecule has 1 aliphatic carbocycles. The maximum absolute atomic E-state index is 12.9. The van der Waals surface area contributed by atoms with Gasteiger partial charge in [-0.05, 0) is 32.6 Å². The van der Waals surface area contributed by atoms with E-state index in [1.54, 1.807) is 0 Å². The molecule has 2 aliphatic rings. The van der Waals surface area contributed by atoms with E-state index in [9.17, 15) is 22.8 Å². The number of rotatable bonds is 4. The first-order valence-corrected chi connectivity index (χ1v) is 11.4. The topological polar surface area (TPSA) is 132 Å². The van der Waals surface area contributed by atoms with Gasteiger partial charge < -0.3 is 10.3 Å². The highest BCUT2D eigenvalue weighted by Crippen LogP contribution is 2.24. The molecule has 0 radical (unpaired) electrons. The molecule has 1 aromatic rings. The first-order chi connectivity index (χ1) is 13.3. The summed E-state index contributed by atoms with van der Waals surface area (Å²) in [7, 11) is -4.03. The van der Waals surface area contributed by atoms with Crippen LogP contribution in [0.25, 0.3) is 0 Å². The number of nitrogens with one attached hydrogen (secondary N) is 3. The van der Waals surface area contributed by atoms with Gasteiger partial charge in [0.15, 0.2) is 4.90 Å². The summed E-state index contributed by atoms with van der Waals surface area (Å²) in [6, 6.07) is 0.221. The van der Waals surface area contributed by atoms with Gasteiger partial charge in [-0.1, -0.05) is 25.7 Å². The Hall–Kier alpha value is -1.94. The molecule has 1 saturated carbocycles. The molecule has 0 aromatic carbocycles. The highest BCUT2D eigenvalue weighted by molar-refractivity contribution is 7.89. The molecule has 9 nitrogen and oxygen atoms in total. The van der Waals surface area contributed by atoms with E-state index in [4.69, 9.17) is 0 Å². The second kappa shape index (κ2) is 8.60. The van der Waals surface area contributed by atoms with E-state index in [0.29, 0.717) is 12.8 Å². The molecular formula is C18H28N4O5S. The number of hydrogen-bond acceptors (Lipinski definition) is 5. The van der Waals surface area contributed by atoms with Gasteiger partial charge in [-0.25, -0.2) is 13.2 Å². The minimum Gasteiger partial charge on any atom is -0.353 e. The number of carbonyl (C=O) groups is 1. The van der Waals surface area contributed by atoms with Gasteiger partial charge in [-0.3, -0.25) is 14.6 Å². The van der Waals surface area contributed by atoms with Crippen molar-refractivity contribution in [2.45, 2.75) is 69.2 Å². The highest BCUT2D eigenvalue weighted by Gasteiger charge is 2.35. The third-order valence-corrected chi connectivity index (χ3v) is 7.75. The number of hydrogen-bond donors (Lipinski definition) is 3. The van der Waals surface area contributed by atoms with Gasteiger partial charge in [0.2, 0.25) is 15.9 Å². The summed E-state index contributed by atoms with van der Waals surface area (Å²) < 4.78 is 26.9. The first kappa shape index (κ1) is 20.8. The van der Waals surface area contributed by atoms with Crippen LogP contribution in [0.1, 0.15) is 57.1 Å². The fraction of sp³-hybridized carbons (Fsp3) is 0.722. The minimum atomic E-state index is -4.03.